The SMILES string of the molecule is Cn1nc(-c2ccccc2)c2c1CCN(C(=O)CCC(=O)NC1CCCC1)CC2. The van der Waals surface area contributed by atoms with E-state index >= 15 is 0 Å². The molecule has 2 heterocycles. The van der Waals surface area contributed by atoms with Crippen LogP contribution in [0.25, 0.3) is 11.3 Å². The van der Waals surface area contributed by atoms with Crippen LogP contribution in [-0.2, 0) is 29.5 Å². The number of carbonyl (C=O) groups is 2. The molecular weight excluding hydrogens is 364 g/mol. The predicted octanol–water partition coefficient (Wildman–Crippen LogP) is 2.85. The number of aromatic nitrogens is 2. The van der Waals surface area contributed by atoms with Crippen molar-refractivity contribution in [2.75, 3.05) is 13.1 Å². The third kappa shape index (κ3) is 4.52. The largest absolute Gasteiger partial charge is 0.353 e. The number of nitrogens with zero attached hydrogens (tertiary/aromatic N) is 3. The van der Waals surface area contributed by atoms with Crippen LogP contribution >= 0.6 is 0 Å². The molecule has 0 bridgehead atoms. The molecule has 4 rings (SSSR count). The Morgan fingerprint density at radius 2 is 1.79 bits per heavy atom. The van der Waals surface area contributed by atoms with Crippen molar-refractivity contribution in [3.05, 3.63) is 41.6 Å². The highest BCUT2D eigenvalue weighted by Gasteiger charge is 2.25. The average molecular weight is 395 g/mol. The second-order valence-electron chi connectivity index (χ2n) is 8.19. The van der Waals surface area contributed by atoms with Crippen LogP contribution in [0, 0.1) is 0 Å². The van der Waals surface area contributed by atoms with Gasteiger partial charge < -0.3 is 10.2 Å². The van der Waals surface area contributed by atoms with Crippen LogP contribution in [0.2, 0.25) is 0 Å². The van der Waals surface area contributed by atoms with E-state index in [0.717, 1.165) is 36.9 Å². The molecule has 1 N–H and O–H groups in total. The van der Waals surface area contributed by atoms with Gasteiger partial charge in [-0.25, -0.2) is 0 Å². The van der Waals surface area contributed by atoms with Gasteiger partial charge in [0.25, 0.3) is 0 Å². The molecule has 0 spiro atoms. The first-order chi connectivity index (χ1) is 14.1. The lowest BCUT2D eigenvalue weighted by molar-refractivity contribution is -0.133. The summed E-state index contributed by atoms with van der Waals surface area (Å²) in [4.78, 5) is 26.8. The smallest absolute Gasteiger partial charge is 0.223 e. The second kappa shape index (κ2) is 8.80. The highest BCUT2D eigenvalue weighted by atomic mass is 16.2. The highest BCUT2D eigenvalue weighted by molar-refractivity contribution is 5.84. The molecule has 1 fully saturated rings. The number of rotatable bonds is 5. The number of hydrogen-bond acceptors (Lipinski definition) is 3. The van der Waals surface area contributed by atoms with Gasteiger partial charge in [0.1, 0.15) is 0 Å². The summed E-state index contributed by atoms with van der Waals surface area (Å²) in [5.74, 6) is 0.0903. The van der Waals surface area contributed by atoms with Crippen molar-refractivity contribution < 1.29 is 9.59 Å². The molecule has 2 aromatic rings. The van der Waals surface area contributed by atoms with Gasteiger partial charge in [-0.2, -0.15) is 5.10 Å². The van der Waals surface area contributed by atoms with Crippen LogP contribution in [-0.4, -0.2) is 45.6 Å². The van der Waals surface area contributed by atoms with Crippen molar-refractivity contribution in [3.63, 3.8) is 0 Å². The molecular formula is C23H30N4O2. The van der Waals surface area contributed by atoms with E-state index in [1.165, 1.54) is 24.1 Å². The van der Waals surface area contributed by atoms with Gasteiger partial charge in [0.2, 0.25) is 11.8 Å². The van der Waals surface area contributed by atoms with E-state index in [0.29, 0.717) is 25.6 Å². The maximum Gasteiger partial charge on any atom is 0.223 e. The molecule has 6 heteroatoms. The molecule has 154 valence electrons. The van der Waals surface area contributed by atoms with E-state index < -0.39 is 0 Å². The molecule has 6 nitrogen and oxygen atoms in total. The number of carbonyl (C=O) groups excluding carboxylic acids is 2. The Bertz CT molecular complexity index is 869. The lowest BCUT2D eigenvalue weighted by Crippen LogP contribution is -2.36. The minimum atomic E-state index is 0.0129. The molecule has 0 radical (unpaired) electrons. The summed E-state index contributed by atoms with van der Waals surface area (Å²) in [6, 6.07) is 10.5. The van der Waals surface area contributed by atoms with Crippen LogP contribution in [0.5, 0.6) is 0 Å². The summed E-state index contributed by atoms with van der Waals surface area (Å²) in [6.45, 7) is 1.37. The third-order valence-corrected chi connectivity index (χ3v) is 6.21. The van der Waals surface area contributed by atoms with Crippen molar-refractivity contribution in [2.24, 2.45) is 7.05 Å². The second-order valence-corrected chi connectivity index (χ2v) is 8.19. The van der Waals surface area contributed by atoms with E-state index in [-0.39, 0.29) is 18.2 Å². The summed E-state index contributed by atoms with van der Waals surface area (Å²) in [6.07, 6.45) is 6.70. The Morgan fingerprint density at radius 3 is 2.55 bits per heavy atom. The quantitative estimate of drug-likeness (QED) is 0.848. The zero-order valence-corrected chi connectivity index (χ0v) is 17.2. The maximum absolute atomic E-state index is 12.7. The van der Waals surface area contributed by atoms with E-state index in [1.807, 2.05) is 34.8 Å². The van der Waals surface area contributed by atoms with Crippen LogP contribution < -0.4 is 5.32 Å². The van der Waals surface area contributed by atoms with E-state index in [2.05, 4.69) is 17.4 Å². The molecule has 1 aromatic heterocycles. The van der Waals surface area contributed by atoms with Gasteiger partial charge in [0.05, 0.1) is 5.69 Å². The van der Waals surface area contributed by atoms with E-state index in [1.54, 1.807) is 0 Å². The van der Waals surface area contributed by atoms with Crippen molar-refractivity contribution in [1.82, 2.24) is 20.0 Å². The summed E-state index contributed by atoms with van der Waals surface area (Å²) < 4.78 is 1.96. The Hall–Kier alpha value is -2.63. The van der Waals surface area contributed by atoms with Crippen molar-refractivity contribution in [3.8, 4) is 11.3 Å². The number of hydrogen-bond donors (Lipinski definition) is 1. The minimum Gasteiger partial charge on any atom is -0.353 e. The van der Waals surface area contributed by atoms with Crippen LogP contribution in [0.4, 0.5) is 0 Å². The molecule has 0 unspecified atom stereocenters. The maximum atomic E-state index is 12.7. The van der Waals surface area contributed by atoms with Gasteiger partial charge in [-0.15, -0.1) is 0 Å². The van der Waals surface area contributed by atoms with Gasteiger partial charge in [-0.05, 0) is 19.3 Å². The third-order valence-electron chi connectivity index (χ3n) is 6.21. The average Bonchev–Trinajstić information content (AvgIpc) is 3.28. The van der Waals surface area contributed by atoms with Crippen LogP contribution in [0.1, 0.15) is 49.8 Å². The molecule has 1 aromatic carbocycles. The van der Waals surface area contributed by atoms with Crippen LogP contribution in [0.15, 0.2) is 30.3 Å². The lowest BCUT2D eigenvalue weighted by atomic mass is 10.0. The van der Waals surface area contributed by atoms with Crippen molar-refractivity contribution in [1.29, 1.82) is 0 Å². The van der Waals surface area contributed by atoms with Crippen molar-refractivity contribution in [2.45, 2.75) is 57.4 Å². The van der Waals surface area contributed by atoms with Gasteiger partial charge in [0.15, 0.2) is 0 Å². The van der Waals surface area contributed by atoms with Gasteiger partial charge >= 0.3 is 0 Å². The van der Waals surface area contributed by atoms with Crippen LogP contribution in [0.3, 0.4) is 0 Å². The Labute approximate surface area is 172 Å². The Balaban J connectivity index is 1.35. The highest BCUT2D eigenvalue weighted by Crippen LogP contribution is 2.28. The topological polar surface area (TPSA) is 67.2 Å². The summed E-state index contributed by atoms with van der Waals surface area (Å²) in [7, 11) is 1.98. The summed E-state index contributed by atoms with van der Waals surface area (Å²) in [5, 5.41) is 7.81. The number of benzene rings is 1. The van der Waals surface area contributed by atoms with Gasteiger partial charge in [-0.1, -0.05) is 43.2 Å². The number of amides is 2. The molecule has 1 aliphatic heterocycles. The Kier molecular flexibility index (Phi) is 5.97. The fourth-order valence-corrected chi connectivity index (χ4v) is 4.60. The lowest BCUT2D eigenvalue weighted by Gasteiger charge is -2.20. The minimum absolute atomic E-state index is 0.0129. The molecule has 0 atom stereocenters. The summed E-state index contributed by atoms with van der Waals surface area (Å²) in [5.41, 5.74) is 4.59. The molecule has 2 aliphatic rings. The zero-order valence-electron chi connectivity index (χ0n) is 17.2. The number of aryl methyl sites for hydroxylation is 1. The van der Waals surface area contributed by atoms with Gasteiger partial charge in [0, 0.05) is 62.3 Å². The van der Waals surface area contributed by atoms with E-state index in [9.17, 15) is 9.59 Å². The Morgan fingerprint density at radius 1 is 1.07 bits per heavy atom. The predicted molar refractivity (Wildman–Crippen MR) is 112 cm³/mol. The molecule has 2 amide bonds. The normalized spacial score (nSPS) is 17.1. The molecule has 0 saturated heterocycles. The van der Waals surface area contributed by atoms with Gasteiger partial charge in [-0.3, -0.25) is 14.3 Å². The molecule has 1 aliphatic carbocycles. The molecule has 29 heavy (non-hydrogen) atoms. The first kappa shape index (κ1) is 19.7. The first-order valence-electron chi connectivity index (χ1n) is 10.8. The van der Waals surface area contributed by atoms with Crippen molar-refractivity contribution >= 4 is 11.8 Å². The molecule has 1 saturated carbocycles. The fourth-order valence-electron chi connectivity index (χ4n) is 4.60. The fraction of sp³-hybridized carbons (Fsp3) is 0.522. The standard InChI is InChI=1S/C23H30N4O2/c1-26-20-14-16-27(22(29)12-11-21(28)24-18-9-5-6-10-18)15-13-19(20)23(25-26)17-7-3-2-4-8-17/h2-4,7-8,18H,5-6,9-16H2,1H3,(H,24,28). The number of nitrogens with one attached hydrogen (secondary N) is 1. The first-order valence-corrected chi connectivity index (χ1v) is 10.8. The summed E-state index contributed by atoms with van der Waals surface area (Å²) >= 11 is 0. The van der Waals surface area contributed by atoms with E-state index in [4.69, 9.17) is 5.10 Å². The monoisotopic (exact) mass is 394 g/mol. The zero-order chi connectivity index (χ0) is 20.2. The number of fused-ring (bicyclic) bond motifs is 1.